The average molecular weight is 258 g/mol. The van der Waals surface area contributed by atoms with Crippen molar-refractivity contribution in [2.24, 2.45) is 11.7 Å². The molecular formula is C17H26N2. The predicted octanol–water partition coefficient (Wildman–Crippen LogP) is 3.87. The van der Waals surface area contributed by atoms with Crippen molar-refractivity contribution in [1.82, 2.24) is 0 Å². The highest BCUT2D eigenvalue weighted by Crippen LogP contribution is 2.37. The highest BCUT2D eigenvalue weighted by Gasteiger charge is 2.33. The Morgan fingerprint density at radius 1 is 1.05 bits per heavy atom. The van der Waals surface area contributed by atoms with Crippen molar-refractivity contribution in [2.75, 3.05) is 11.4 Å². The van der Waals surface area contributed by atoms with Crippen LogP contribution in [0.4, 0.5) is 5.69 Å². The molecule has 1 aromatic carbocycles. The van der Waals surface area contributed by atoms with E-state index in [0.717, 1.165) is 12.0 Å². The third-order valence-corrected chi connectivity index (χ3v) is 4.99. The summed E-state index contributed by atoms with van der Waals surface area (Å²) in [6.07, 6.45) is 8.49. The van der Waals surface area contributed by atoms with Crippen LogP contribution in [0.1, 0.15) is 57.1 Å². The maximum Gasteiger partial charge on any atom is 0.0369 e. The Hall–Kier alpha value is -1.02. The number of anilines is 1. The minimum atomic E-state index is 0.137. The molecular weight excluding hydrogens is 232 g/mol. The summed E-state index contributed by atoms with van der Waals surface area (Å²) < 4.78 is 0. The van der Waals surface area contributed by atoms with Crippen molar-refractivity contribution in [3.05, 3.63) is 29.8 Å². The van der Waals surface area contributed by atoms with Gasteiger partial charge in [-0.25, -0.2) is 0 Å². The Labute approximate surface area is 117 Å². The maximum atomic E-state index is 5.93. The van der Waals surface area contributed by atoms with E-state index in [2.05, 4.69) is 29.2 Å². The Morgan fingerprint density at radius 2 is 1.74 bits per heavy atom. The molecule has 1 saturated carbocycles. The zero-order valence-corrected chi connectivity index (χ0v) is 12.0. The fraction of sp³-hybridized carbons (Fsp3) is 0.647. The van der Waals surface area contributed by atoms with Gasteiger partial charge in [-0.3, -0.25) is 0 Å². The van der Waals surface area contributed by atoms with Gasteiger partial charge in [0.15, 0.2) is 0 Å². The van der Waals surface area contributed by atoms with Crippen LogP contribution in [0.25, 0.3) is 0 Å². The van der Waals surface area contributed by atoms with Crippen LogP contribution in [0.5, 0.6) is 0 Å². The van der Waals surface area contributed by atoms with Crippen LogP contribution in [0.15, 0.2) is 24.3 Å². The lowest BCUT2D eigenvalue weighted by Gasteiger charge is -2.45. The van der Waals surface area contributed by atoms with Crippen molar-refractivity contribution >= 4 is 5.69 Å². The molecule has 3 atom stereocenters. The topological polar surface area (TPSA) is 29.3 Å². The van der Waals surface area contributed by atoms with Gasteiger partial charge in [-0.15, -0.1) is 0 Å². The van der Waals surface area contributed by atoms with E-state index in [-0.39, 0.29) is 6.04 Å². The zero-order valence-electron chi connectivity index (χ0n) is 12.0. The molecule has 0 spiro atoms. The maximum absolute atomic E-state index is 5.93. The van der Waals surface area contributed by atoms with Crippen molar-refractivity contribution in [3.63, 3.8) is 0 Å². The fourth-order valence-electron chi connectivity index (χ4n) is 3.91. The second-order valence-electron chi connectivity index (χ2n) is 6.33. The zero-order chi connectivity index (χ0) is 13.2. The molecule has 2 heteroatoms. The largest absolute Gasteiger partial charge is 0.368 e. The molecule has 2 N–H and O–H groups in total. The first-order valence-electron chi connectivity index (χ1n) is 7.88. The summed E-state index contributed by atoms with van der Waals surface area (Å²) in [7, 11) is 0. The van der Waals surface area contributed by atoms with Crippen molar-refractivity contribution in [3.8, 4) is 0 Å². The van der Waals surface area contributed by atoms with Crippen molar-refractivity contribution < 1.29 is 0 Å². The van der Waals surface area contributed by atoms with E-state index < -0.39 is 0 Å². The third-order valence-electron chi connectivity index (χ3n) is 4.99. The summed E-state index contributed by atoms with van der Waals surface area (Å²) >= 11 is 0. The van der Waals surface area contributed by atoms with Crippen LogP contribution in [-0.4, -0.2) is 12.6 Å². The Kier molecular flexibility index (Phi) is 3.79. The lowest BCUT2D eigenvalue weighted by atomic mass is 9.78. The van der Waals surface area contributed by atoms with E-state index in [1.165, 1.54) is 56.3 Å². The Morgan fingerprint density at radius 3 is 2.47 bits per heavy atom. The third kappa shape index (κ3) is 2.64. The monoisotopic (exact) mass is 258 g/mol. The summed E-state index contributed by atoms with van der Waals surface area (Å²) in [5.74, 6) is 0.940. The quantitative estimate of drug-likeness (QED) is 0.872. The first-order valence-corrected chi connectivity index (χ1v) is 7.88. The molecule has 1 aliphatic heterocycles. The minimum absolute atomic E-state index is 0.137. The number of hydrogen-bond donors (Lipinski definition) is 1. The number of hydrogen-bond acceptors (Lipinski definition) is 2. The van der Waals surface area contributed by atoms with Gasteiger partial charge >= 0.3 is 0 Å². The molecule has 104 valence electrons. The Balaban J connectivity index is 1.79. The first kappa shape index (κ1) is 13.0. The number of fused-ring (bicyclic) bond motifs is 1. The number of nitrogens with zero attached hydrogens (tertiary/aromatic N) is 1. The van der Waals surface area contributed by atoms with E-state index in [0.29, 0.717) is 0 Å². The molecule has 3 rings (SSSR count). The lowest BCUT2D eigenvalue weighted by molar-refractivity contribution is 0.244. The second-order valence-corrected chi connectivity index (χ2v) is 6.33. The van der Waals surface area contributed by atoms with Crippen molar-refractivity contribution in [2.45, 2.75) is 57.5 Å². The first-order chi connectivity index (χ1) is 9.25. The number of piperidine rings is 1. The smallest absolute Gasteiger partial charge is 0.0369 e. The summed E-state index contributed by atoms with van der Waals surface area (Å²) in [6, 6.07) is 9.88. The van der Waals surface area contributed by atoms with Gasteiger partial charge < -0.3 is 10.6 Å². The van der Waals surface area contributed by atoms with Crippen LogP contribution < -0.4 is 10.6 Å². The highest BCUT2D eigenvalue weighted by molar-refractivity contribution is 5.49. The van der Waals surface area contributed by atoms with Gasteiger partial charge in [-0.2, -0.15) is 0 Å². The molecule has 0 unspecified atom stereocenters. The van der Waals surface area contributed by atoms with Gasteiger partial charge in [0.05, 0.1) is 0 Å². The van der Waals surface area contributed by atoms with Gasteiger partial charge in [0.1, 0.15) is 0 Å². The number of benzene rings is 1. The summed E-state index contributed by atoms with van der Waals surface area (Å²) in [5, 5.41) is 0. The van der Waals surface area contributed by atoms with E-state index in [9.17, 15) is 0 Å². The SMILES string of the molecule is C[C@@H](N)c1ccc(N2CCC[C@H]3CCCC[C@H]32)cc1. The van der Waals surface area contributed by atoms with Gasteiger partial charge in [-0.05, 0) is 56.2 Å². The highest BCUT2D eigenvalue weighted by atomic mass is 15.2. The molecule has 1 aliphatic carbocycles. The molecule has 0 amide bonds. The van der Waals surface area contributed by atoms with Crippen LogP contribution in [0, 0.1) is 5.92 Å². The van der Waals surface area contributed by atoms with Crippen LogP contribution in [0.3, 0.4) is 0 Å². The van der Waals surface area contributed by atoms with Gasteiger partial charge in [-0.1, -0.05) is 25.0 Å². The van der Waals surface area contributed by atoms with Gasteiger partial charge in [0.25, 0.3) is 0 Å². The molecule has 19 heavy (non-hydrogen) atoms. The lowest BCUT2D eigenvalue weighted by Crippen LogP contribution is -2.46. The van der Waals surface area contributed by atoms with Gasteiger partial charge in [0.2, 0.25) is 0 Å². The normalized spacial score (nSPS) is 28.8. The minimum Gasteiger partial charge on any atom is -0.368 e. The van der Waals surface area contributed by atoms with E-state index in [1.54, 1.807) is 0 Å². The molecule has 0 aromatic heterocycles. The van der Waals surface area contributed by atoms with Crippen molar-refractivity contribution in [1.29, 1.82) is 0 Å². The molecule has 1 heterocycles. The molecule has 1 saturated heterocycles. The van der Waals surface area contributed by atoms with E-state index >= 15 is 0 Å². The molecule has 2 aliphatic rings. The summed E-state index contributed by atoms with van der Waals surface area (Å²) in [5.41, 5.74) is 8.58. The molecule has 2 fully saturated rings. The van der Waals surface area contributed by atoms with E-state index in [4.69, 9.17) is 5.73 Å². The summed E-state index contributed by atoms with van der Waals surface area (Å²) in [6.45, 7) is 3.28. The molecule has 0 bridgehead atoms. The molecule has 0 radical (unpaired) electrons. The number of rotatable bonds is 2. The number of nitrogens with two attached hydrogens (primary N) is 1. The van der Waals surface area contributed by atoms with Crippen LogP contribution in [-0.2, 0) is 0 Å². The van der Waals surface area contributed by atoms with Crippen LogP contribution >= 0.6 is 0 Å². The molecule has 1 aromatic rings. The summed E-state index contributed by atoms with van der Waals surface area (Å²) in [4.78, 5) is 2.66. The predicted molar refractivity (Wildman–Crippen MR) is 81.4 cm³/mol. The molecule has 2 nitrogen and oxygen atoms in total. The average Bonchev–Trinajstić information content (AvgIpc) is 2.47. The fourth-order valence-corrected chi connectivity index (χ4v) is 3.91. The van der Waals surface area contributed by atoms with Gasteiger partial charge in [0, 0.05) is 24.3 Å². The van der Waals surface area contributed by atoms with Crippen LogP contribution in [0.2, 0.25) is 0 Å². The Bertz CT molecular complexity index is 408. The standard InChI is InChI=1S/C17H26N2/c1-13(18)14-8-10-16(11-9-14)19-12-4-6-15-5-2-3-7-17(15)19/h8-11,13,15,17H,2-7,12,18H2,1H3/t13-,15-,17-/m1/s1. The van der Waals surface area contributed by atoms with E-state index in [1.807, 2.05) is 6.92 Å². The second kappa shape index (κ2) is 5.54.